The number of aryl methyl sites for hydroxylation is 2. The predicted molar refractivity (Wildman–Crippen MR) is 76.4 cm³/mol. The maximum atomic E-state index is 12.2. The topological polar surface area (TPSA) is 72.0 Å². The summed E-state index contributed by atoms with van der Waals surface area (Å²) in [5.41, 5.74) is 1.38. The molecule has 1 saturated heterocycles. The molecule has 7 heteroatoms. The molecule has 0 radical (unpaired) electrons. The van der Waals surface area contributed by atoms with Crippen molar-refractivity contribution in [2.75, 3.05) is 12.3 Å². The summed E-state index contributed by atoms with van der Waals surface area (Å²) in [6.07, 6.45) is 3.11. The average Bonchev–Trinajstić information content (AvgIpc) is 2.28. The molecule has 0 amide bonds. The molecule has 1 atom stereocenters. The molecule has 0 aliphatic carbocycles. The van der Waals surface area contributed by atoms with Crippen LogP contribution in [0.15, 0.2) is 11.2 Å². The van der Waals surface area contributed by atoms with E-state index < -0.39 is 9.84 Å². The van der Waals surface area contributed by atoms with Crippen LogP contribution in [-0.4, -0.2) is 36.7 Å². The van der Waals surface area contributed by atoms with Gasteiger partial charge in [0, 0.05) is 17.4 Å². The summed E-state index contributed by atoms with van der Waals surface area (Å²) in [5, 5.41) is 3.20. The quantitative estimate of drug-likeness (QED) is 0.855. The summed E-state index contributed by atoms with van der Waals surface area (Å²) in [6, 6.07) is 1.81. The molecule has 1 aromatic heterocycles. The van der Waals surface area contributed by atoms with E-state index in [9.17, 15) is 8.42 Å². The highest BCUT2D eigenvalue weighted by molar-refractivity contribution is 7.91. The lowest BCUT2D eigenvalue weighted by molar-refractivity contribution is 0.423. The van der Waals surface area contributed by atoms with Crippen LogP contribution >= 0.6 is 12.4 Å². The van der Waals surface area contributed by atoms with Gasteiger partial charge in [-0.2, -0.15) is 0 Å². The van der Waals surface area contributed by atoms with Crippen LogP contribution in [0.5, 0.6) is 0 Å². The number of hydrogen-bond donors (Lipinski definition) is 1. The molecule has 1 unspecified atom stereocenters. The zero-order valence-corrected chi connectivity index (χ0v) is 12.9. The number of rotatable bonds is 3. The van der Waals surface area contributed by atoms with E-state index in [0.717, 1.165) is 25.8 Å². The number of nitrogens with zero attached hydrogens (tertiary/aromatic N) is 2. The maximum absolute atomic E-state index is 12.2. The first-order chi connectivity index (χ1) is 8.47. The number of sulfone groups is 1. The van der Waals surface area contributed by atoms with Crippen molar-refractivity contribution in [3.05, 3.63) is 17.5 Å². The molecule has 0 spiro atoms. The van der Waals surface area contributed by atoms with Crippen LogP contribution in [0.25, 0.3) is 0 Å². The van der Waals surface area contributed by atoms with Crippen molar-refractivity contribution < 1.29 is 8.42 Å². The molecule has 1 aliphatic heterocycles. The number of hydrogen-bond acceptors (Lipinski definition) is 5. The van der Waals surface area contributed by atoms with Gasteiger partial charge in [0.1, 0.15) is 0 Å². The molecule has 1 N–H and O–H groups in total. The second-order valence-electron chi connectivity index (χ2n) is 4.86. The third-order valence-electron chi connectivity index (χ3n) is 3.07. The van der Waals surface area contributed by atoms with Crippen LogP contribution in [-0.2, 0) is 9.84 Å². The van der Waals surface area contributed by atoms with Gasteiger partial charge in [-0.1, -0.05) is 6.42 Å². The zero-order valence-electron chi connectivity index (χ0n) is 11.2. The van der Waals surface area contributed by atoms with Gasteiger partial charge in [-0.3, -0.25) is 0 Å². The molecule has 108 valence electrons. The van der Waals surface area contributed by atoms with Gasteiger partial charge >= 0.3 is 0 Å². The third-order valence-corrected chi connectivity index (χ3v) is 4.65. The lowest BCUT2D eigenvalue weighted by Gasteiger charge is -2.22. The molecule has 19 heavy (non-hydrogen) atoms. The van der Waals surface area contributed by atoms with Crippen LogP contribution < -0.4 is 5.32 Å². The standard InChI is InChI=1S/C12H19N3O2S.ClH/c1-9-7-10(2)15-12(14-9)18(16,17)8-11-5-3-4-6-13-11;/h7,11,13H,3-6,8H2,1-2H3;1H. The Kier molecular flexibility index (Phi) is 5.70. The van der Waals surface area contributed by atoms with Crippen molar-refractivity contribution in [2.24, 2.45) is 0 Å². The Bertz CT molecular complexity index is 508. The van der Waals surface area contributed by atoms with Gasteiger partial charge < -0.3 is 5.32 Å². The Balaban J connectivity index is 0.00000180. The summed E-state index contributed by atoms with van der Waals surface area (Å²) in [6.45, 7) is 4.47. The van der Waals surface area contributed by atoms with Crippen molar-refractivity contribution >= 4 is 22.2 Å². The van der Waals surface area contributed by atoms with Crippen molar-refractivity contribution in [3.63, 3.8) is 0 Å². The first kappa shape index (κ1) is 16.3. The minimum Gasteiger partial charge on any atom is -0.313 e. The van der Waals surface area contributed by atoms with E-state index in [4.69, 9.17) is 0 Å². The minimum atomic E-state index is -3.39. The van der Waals surface area contributed by atoms with E-state index in [-0.39, 0.29) is 29.4 Å². The number of aromatic nitrogens is 2. The second kappa shape index (κ2) is 6.63. The normalized spacial score (nSPS) is 19.8. The van der Waals surface area contributed by atoms with Crippen molar-refractivity contribution in [1.82, 2.24) is 15.3 Å². The number of halogens is 1. The summed E-state index contributed by atoms with van der Waals surface area (Å²) in [7, 11) is -3.39. The van der Waals surface area contributed by atoms with E-state index in [1.165, 1.54) is 0 Å². The average molecular weight is 306 g/mol. The Hall–Kier alpha value is -0.720. The van der Waals surface area contributed by atoms with Crippen molar-refractivity contribution in [1.29, 1.82) is 0 Å². The Morgan fingerprint density at radius 3 is 2.42 bits per heavy atom. The zero-order chi connectivity index (χ0) is 13.2. The van der Waals surface area contributed by atoms with E-state index in [2.05, 4.69) is 15.3 Å². The van der Waals surface area contributed by atoms with Crippen molar-refractivity contribution in [3.8, 4) is 0 Å². The van der Waals surface area contributed by atoms with Crippen LogP contribution in [0, 0.1) is 13.8 Å². The number of piperidine rings is 1. The van der Waals surface area contributed by atoms with Gasteiger partial charge in [-0.05, 0) is 39.3 Å². The summed E-state index contributed by atoms with van der Waals surface area (Å²) in [4.78, 5) is 8.09. The highest BCUT2D eigenvalue weighted by Crippen LogP contribution is 2.14. The van der Waals surface area contributed by atoms with E-state index in [1.807, 2.05) is 0 Å². The van der Waals surface area contributed by atoms with Gasteiger partial charge in [0.15, 0.2) is 0 Å². The molecule has 0 aromatic carbocycles. The lowest BCUT2D eigenvalue weighted by Crippen LogP contribution is -2.39. The van der Waals surface area contributed by atoms with Gasteiger partial charge in [0.25, 0.3) is 0 Å². The lowest BCUT2D eigenvalue weighted by atomic mass is 10.1. The van der Waals surface area contributed by atoms with E-state index in [1.54, 1.807) is 19.9 Å². The van der Waals surface area contributed by atoms with Gasteiger partial charge in [0.2, 0.25) is 15.0 Å². The first-order valence-electron chi connectivity index (χ1n) is 6.26. The smallest absolute Gasteiger partial charge is 0.247 e. The largest absolute Gasteiger partial charge is 0.313 e. The molecular formula is C12H20ClN3O2S. The molecule has 1 fully saturated rings. The SMILES string of the molecule is Cc1cc(C)nc(S(=O)(=O)CC2CCCCN2)n1.Cl. The van der Waals surface area contributed by atoms with Crippen LogP contribution in [0.3, 0.4) is 0 Å². The highest BCUT2D eigenvalue weighted by atomic mass is 35.5. The molecule has 0 bridgehead atoms. The van der Waals surface area contributed by atoms with Crippen molar-refractivity contribution in [2.45, 2.75) is 44.3 Å². The Morgan fingerprint density at radius 1 is 1.26 bits per heavy atom. The molecule has 0 saturated carbocycles. The van der Waals surface area contributed by atoms with Gasteiger partial charge in [0.05, 0.1) is 5.75 Å². The summed E-state index contributed by atoms with van der Waals surface area (Å²) in [5.74, 6) is 0.0931. The fourth-order valence-electron chi connectivity index (χ4n) is 2.24. The fraction of sp³-hybridized carbons (Fsp3) is 0.667. The first-order valence-corrected chi connectivity index (χ1v) is 7.91. The molecule has 2 rings (SSSR count). The number of nitrogens with one attached hydrogen (secondary N) is 1. The summed E-state index contributed by atoms with van der Waals surface area (Å²) < 4.78 is 24.5. The van der Waals surface area contributed by atoms with Crippen LogP contribution in [0.4, 0.5) is 0 Å². The minimum absolute atomic E-state index is 0. The Morgan fingerprint density at radius 2 is 1.89 bits per heavy atom. The monoisotopic (exact) mass is 305 g/mol. The Labute approximate surface area is 120 Å². The third kappa shape index (κ3) is 4.40. The molecule has 2 heterocycles. The summed E-state index contributed by atoms with van der Waals surface area (Å²) >= 11 is 0. The maximum Gasteiger partial charge on any atom is 0.247 e. The van der Waals surface area contributed by atoms with Crippen LogP contribution in [0.2, 0.25) is 0 Å². The second-order valence-corrected chi connectivity index (χ2v) is 6.79. The van der Waals surface area contributed by atoms with Gasteiger partial charge in [-0.15, -0.1) is 12.4 Å². The van der Waals surface area contributed by atoms with Crippen LogP contribution in [0.1, 0.15) is 30.7 Å². The van der Waals surface area contributed by atoms with E-state index >= 15 is 0 Å². The molecule has 5 nitrogen and oxygen atoms in total. The molecule has 1 aromatic rings. The fourth-order valence-corrected chi connectivity index (χ4v) is 3.77. The van der Waals surface area contributed by atoms with E-state index in [0.29, 0.717) is 11.4 Å². The predicted octanol–water partition coefficient (Wildman–Crippen LogP) is 1.43. The molecular weight excluding hydrogens is 286 g/mol. The highest BCUT2D eigenvalue weighted by Gasteiger charge is 2.25. The van der Waals surface area contributed by atoms with Gasteiger partial charge in [-0.25, -0.2) is 18.4 Å². The molecule has 1 aliphatic rings.